The monoisotopic (exact) mass is 249 g/mol. The molecule has 1 aromatic carbocycles. The van der Waals surface area contributed by atoms with Gasteiger partial charge in [-0.3, -0.25) is 0 Å². The Morgan fingerprint density at radius 1 is 1.06 bits per heavy atom. The molecule has 0 aliphatic heterocycles. The number of hydrogen-bond acceptors (Lipinski definition) is 3. The first-order valence-corrected chi connectivity index (χ1v) is 6.95. The van der Waals surface area contributed by atoms with Gasteiger partial charge in [0.25, 0.3) is 0 Å². The van der Waals surface area contributed by atoms with Crippen molar-refractivity contribution >= 4 is 5.69 Å². The van der Waals surface area contributed by atoms with E-state index in [-0.39, 0.29) is 0 Å². The molecule has 0 saturated heterocycles. The van der Waals surface area contributed by atoms with Crippen LogP contribution in [0.5, 0.6) is 5.75 Å². The van der Waals surface area contributed by atoms with Crippen molar-refractivity contribution in [2.24, 2.45) is 0 Å². The molecule has 18 heavy (non-hydrogen) atoms. The third-order valence-corrected chi connectivity index (χ3v) is 3.37. The highest BCUT2D eigenvalue weighted by molar-refractivity contribution is 5.51. The SMILES string of the molecule is Nc1ccccc1OCCCOC1CCCCC1. The number of nitrogen functional groups attached to an aromatic ring is 1. The first kappa shape index (κ1) is 13.2. The number of anilines is 1. The standard InChI is InChI=1S/C15H23NO2/c16-14-9-4-5-10-15(14)18-12-6-11-17-13-7-2-1-3-8-13/h4-5,9-10,13H,1-3,6-8,11-12,16H2. The zero-order valence-electron chi connectivity index (χ0n) is 10.9. The van der Waals surface area contributed by atoms with Crippen LogP contribution >= 0.6 is 0 Å². The van der Waals surface area contributed by atoms with Gasteiger partial charge in [-0.2, -0.15) is 0 Å². The molecule has 1 saturated carbocycles. The van der Waals surface area contributed by atoms with Crippen molar-refractivity contribution in [3.05, 3.63) is 24.3 Å². The Bertz CT molecular complexity index is 348. The summed E-state index contributed by atoms with van der Waals surface area (Å²) in [5.74, 6) is 0.773. The molecule has 0 atom stereocenters. The maximum Gasteiger partial charge on any atom is 0.142 e. The van der Waals surface area contributed by atoms with Gasteiger partial charge in [0.05, 0.1) is 25.0 Å². The van der Waals surface area contributed by atoms with Crippen molar-refractivity contribution in [3.63, 3.8) is 0 Å². The molecule has 100 valence electrons. The van der Waals surface area contributed by atoms with E-state index in [1.165, 1.54) is 32.1 Å². The Morgan fingerprint density at radius 2 is 1.83 bits per heavy atom. The fourth-order valence-electron chi connectivity index (χ4n) is 2.33. The van der Waals surface area contributed by atoms with E-state index in [1.807, 2.05) is 24.3 Å². The summed E-state index contributed by atoms with van der Waals surface area (Å²) in [6.45, 7) is 1.46. The van der Waals surface area contributed by atoms with Crippen molar-refractivity contribution in [3.8, 4) is 5.75 Å². The van der Waals surface area contributed by atoms with Gasteiger partial charge in [0, 0.05) is 6.42 Å². The average Bonchev–Trinajstić information content (AvgIpc) is 2.42. The minimum atomic E-state index is 0.487. The van der Waals surface area contributed by atoms with Gasteiger partial charge in [-0.05, 0) is 25.0 Å². The molecular weight excluding hydrogens is 226 g/mol. The molecule has 2 N–H and O–H groups in total. The van der Waals surface area contributed by atoms with Gasteiger partial charge in [0.2, 0.25) is 0 Å². The lowest BCUT2D eigenvalue weighted by atomic mass is 9.98. The summed E-state index contributed by atoms with van der Waals surface area (Å²) in [5, 5.41) is 0. The second kappa shape index (κ2) is 7.27. The van der Waals surface area contributed by atoms with Gasteiger partial charge in [-0.15, -0.1) is 0 Å². The van der Waals surface area contributed by atoms with Gasteiger partial charge in [-0.1, -0.05) is 31.4 Å². The minimum absolute atomic E-state index is 0.487. The largest absolute Gasteiger partial charge is 0.491 e. The fraction of sp³-hybridized carbons (Fsp3) is 0.600. The first-order valence-electron chi connectivity index (χ1n) is 6.95. The molecule has 0 spiro atoms. The Kier molecular flexibility index (Phi) is 5.34. The zero-order chi connectivity index (χ0) is 12.6. The van der Waals surface area contributed by atoms with E-state index in [1.54, 1.807) is 0 Å². The lowest BCUT2D eigenvalue weighted by molar-refractivity contribution is 0.0227. The molecule has 1 aliphatic rings. The van der Waals surface area contributed by atoms with Crippen LogP contribution in [-0.4, -0.2) is 19.3 Å². The second-order valence-corrected chi connectivity index (χ2v) is 4.87. The Hall–Kier alpha value is -1.22. The molecular formula is C15H23NO2. The summed E-state index contributed by atoms with van der Waals surface area (Å²) in [4.78, 5) is 0. The summed E-state index contributed by atoms with van der Waals surface area (Å²) in [5.41, 5.74) is 6.50. The lowest BCUT2D eigenvalue weighted by Crippen LogP contribution is -2.18. The molecule has 1 fully saturated rings. The van der Waals surface area contributed by atoms with Crippen LogP contribution in [0.3, 0.4) is 0 Å². The van der Waals surface area contributed by atoms with Crippen LogP contribution in [0.2, 0.25) is 0 Å². The van der Waals surface area contributed by atoms with Crippen molar-refractivity contribution in [1.29, 1.82) is 0 Å². The van der Waals surface area contributed by atoms with Crippen LogP contribution in [-0.2, 0) is 4.74 Å². The molecule has 0 heterocycles. The number of hydrogen-bond donors (Lipinski definition) is 1. The Morgan fingerprint density at radius 3 is 2.61 bits per heavy atom. The van der Waals surface area contributed by atoms with Gasteiger partial charge in [-0.25, -0.2) is 0 Å². The third-order valence-electron chi connectivity index (χ3n) is 3.37. The smallest absolute Gasteiger partial charge is 0.142 e. The van der Waals surface area contributed by atoms with Crippen LogP contribution in [0, 0.1) is 0 Å². The van der Waals surface area contributed by atoms with Crippen LogP contribution in [0.25, 0.3) is 0 Å². The van der Waals surface area contributed by atoms with Crippen LogP contribution < -0.4 is 10.5 Å². The first-order chi connectivity index (χ1) is 8.86. The summed E-state index contributed by atoms with van der Waals surface area (Å²) < 4.78 is 11.5. The quantitative estimate of drug-likeness (QED) is 0.621. The fourth-order valence-corrected chi connectivity index (χ4v) is 2.33. The zero-order valence-corrected chi connectivity index (χ0v) is 10.9. The summed E-state index contributed by atoms with van der Waals surface area (Å²) in [7, 11) is 0. The van der Waals surface area contributed by atoms with Crippen molar-refractivity contribution in [2.75, 3.05) is 18.9 Å². The predicted molar refractivity (Wildman–Crippen MR) is 73.8 cm³/mol. The average molecular weight is 249 g/mol. The van der Waals surface area contributed by atoms with Crippen molar-refractivity contribution in [2.45, 2.75) is 44.6 Å². The second-order valence-electron chi connectivity index (χ2n) is 4.87. The lowest BCUT2D eigenvalue weighted by Gasteiger charge is -2.21. The van der Waals surface area contributed by atoms with E-state index in [9.17, 15) is 0 Å². The van der Waals surface area contributed by atoms with Gasteiger partial charge >= 0.3 is 0 Å². The number of ether oxygens (including phenoxy) is 2. The number of benzene rings is 1. The highest BCUT2D eigenvalue weighted by Gasteiger charge is 2.12. The van der Waals surface area contributed by atoms with Crippen LogP contribution in [0.4, 0.5) is 5.69 Å². The molecule has 0 aromatic heterocycles. The number of nitrogens with two attached hydrogens (primary N) is 1. The summed E-state index contributed by atoms with van der Waals surface area (Å²) in [6, 6.07) is 7.60. The molecule has 0 radical (unpaired) electrons. The van der Waals surface area contributed by atoms with Gasteiger partial charge in [0.1, 0.15) is 5.75 Å². The molecule has 3 nitrogen and oxygen atoms in total. The number of para-hydroxylation sites is 2. The van der Waals surface area contributed by atoms with Gasteiger partial charge in [0.15, 0.2) is 0 Å². The Balaban J connectivity index is 1.57. The molecule has 2 rings (SSSR count). The summed E-state index contributed by atoms with van der Waals surface area (Å²) in [6.07, 6.45) is 7.88. The molecule has 0 amide bonds. The minimum Gasteiger partial charge on any atom is -0.491 e. The van der Waals surface area contributed by atoms with E-state index in [2.05, 4.69) is 0 Å². The van der Waals surface area contributed by atoms with E-state index in [4.69, 9.17) is 15.2 Å². The topological polar surface area (TPSA) is 44.5 Å². The maximum atomic E-state index is 5.84. The molecule has 0 unspecified atom stereocenters. The van der Waals surface area contributed by atoms with Gasteiger partial charge < -0.3 is 15.2 Å². The number of rotatable bonds is 6. The van der Waals surface area contributed by atoms with E-state index >= 15 is 0 Å². The summed E-state index contributed by atoms with van der Waals surface area (Å²) >= 11 is 0. The maximum absolute atomic E-state index is 5.84. The van der Waals surface area contributed by atoms with E-state index in [0.29, 0.717) is 18.4 Å². The highest BCUT2D eigenvalue weighted by atomic mass is 16.5. The molecule has 0 bridgehead atoms. The van der Waals surface area contributed by atoms with Crippen LogP contribution in [0.15, 0.2) is 24.3 Å². The third kappa shape index (κ3) is 4.22. The van der Waals surface area contributed by atoms with Crippen LogP contribution in [0.1, 0.15) is 38.5 Å². The van der Waals surface area contributed by atoms with E-state index < -0.39 is 0 Å². The van der Waals surface area contributed by atoms with E-state index in [0.717, 1.165) is 18.8 Å². The predicted octanol–water partition coefficient (Wildman–Crippen LogP) is 3.39. The molecule has 3 heteroatoms. The highest BCUT2D eigenvalue weighted by Crippen LogP contribution is 2.21. The van der Waals surface area contributed by atoms with Crippen molar-refractivity contribution < 1.29 is 9.47 Å². The Labute approximate surface area is 109 Å². The van der Waals surface area contributed by atoms with Crippen molar-refractivity contribution in [1.82, 2.24) is 0 Å². The molecule has 1 aliphatic carbocycles. The normalized spacial score (nSPS) is 16.7. The molecule has 1 aromatic rings.